The van der Waals surface area contributed by atoms with Gasteiger partial charge in [0.05, 0.1) is 62.0 Å². The molecule has 0 unspecified atom stereocenters. The summed E-state index contributed by atoms with van der Waals surface area (Å²) in [4.78, 5) is 55.0. The lowest BCUT2D eigenvalue weighted by molar-refractivity contribution is 0.0578. The van der Waals surface area contributed by atoms with Gasteiger partial charge < -0.3 is 43.0 Å². The van der Waals surface area contributed by atoms with Crippen molar-refractivity contribution >= 4 is 52.6 Å². The highest BCUT2D eigenvalue weighted by atomic mass is 16.6. The molecule has 2 atom stereocenters. The molecule has 0 fully saturated rings. The molecule has 4 aliphatic heterocycles. The van der Waals surface area contributed by atoms with Gasteiger partial charge in [-0.3, -0.25) is 24.4 Å². The summed E-state index contributed by atoms with van der Waals surface area (Å²) in [5.74, 6) is 1.42. The van der Waals surface area contributed by atoms with Crippen molar-refractivity contribution in [2.45, 2.75) is 90.2 Å². The van der Waals surface area contributed by atoms with E-state index in [4.69, 9.17) is 38.2 Å². The first kappa shape index (κ1) is 49.9. The Hall–Kier alpha value is -7.10. The number of para-hydroxylation sites is 2. The van der Waals surface area contributed by atoms with Gasteiger partial charge in [0, 0.05) is 75.7 Å². The number of amides is 3. The van der Waals surface area contributed by atoms with E-state index in [0.717, 1.165) is 71.4 Å². The third-order valence-corrected chi connectivity index (χ3v) is 13.4. The van der Waals surface area contributed by atoms with Crippen LogP contribution in [0.25, 0.3) is 0 Å². The van der Waals surface area contributed by atoms with Crippen LogP contribution in [0, 0.1) is 0 Å². The van der Waals surface area contributed by atoms with Crippen LogP contribution in [0.5, 0.6) is 23.0 Å². The predicted octanol–water partition coefficient (Wildman–Crippen LogP) is 10.1. The maximum Gasteiger partial charge on any atom is 0.414 e. The SMILES string of the molecule is COCCOCCCCCCN(C(=O)OC(C)(C)C)c1cc(COc2cc3c(cc2OC)C(=O)N2c4ccccc4C[C@H]2C=N3)cc(COc2cc3c(cc2OC)C(=O)N2c4ccccc4C[C@H]2CN3C)c1. The van der Waals surface area contributed by atoms with Crippen LogP contribution in [0.3, 0.4) is 0 Å². The molecule has 0 radical (unpaired) electrons. The minimum Gasteiger partial charge on any atom is -0.493 e. The maximum atomic E-state index is 14.3. The van der Waals surface area contributed by atoms with Gasteiger partial charge >= 0.3 is 6.09 Å². The largest absolute Gasteiger partial charge is 0.493 e. The molecule has 4 aliphatic rings. The highest BCUT2D eigenvalue weighted by Gasteiger charge is 2.40. The smallest absolute Gasteiger partial charge is 0.414 e. The number of ether oxygens (including phenoxy) is 7. The number of carbonyl (C=O) groups excluding carboxylic acids is 3. The molecular weight excluding hydrogens is 915 g/mol. The van der Waals surface area contributed by atoms with Gasteiger partial charge in [0.25, 0.3) is 11.8 Å². The topological polar surface area (TPSA) is 141 Å². The third-order valence-electron chi connectivity index (χ3n) is 13.4. The molecule has 378 valence electrons. The molecule has 0 aromatic heterocycles. The lowest BCUT2D eigenvalue weighted by Crippen LogP contribution is -2.41. The molecule has 0 saturated carbocycles. The number of nitrogens with zero attached hydrogens (tertiary/aromatic N) is 5. The highest BCUT2D eigenvalue weighted by molar-refractivity contribution is 6.15. The molecule has 9 rings (SSSR count). The van der Waals surface area contributed by atoms with Gasteiger partial charge in [-0.2, -0.15) is 0 Å². The van der Waals surface area contributed by atoms with Crippen molar-refractivity contribution < 1.29 is 47.5 Å². The summed E-state index contributed by atoms with van der Waals surface area (Å²) in [7, 11) is 6.77. The van der Waals surface area contributed by atoms with Crippen molar-refractivity contribution in [3.8, 4) is 23.0 Å². The zero-order chi connectivity index (χ0) is 50.5. The van der Waals surface area contributed by atoms with Crippen LogP contribution in [0.4, 0.5) is 33.2 Å². The van der Waals surface area contributed by atoms with Crippen molar-refractivity contribution in [1.82, 2.24) is 0 Å². The van der Waals surface area contributed by atoms with E-state index in [9.17, 15) is 14.4 Å². The zero-order valence-corrected chi connectivity index (χ0v) is 42.4. The second-order valence-electron chi connectivity index (χ2n) is 19.7. The Morgan fingerprint density at radius 2 is 1.31 bits per heavy atom. The minimum absolute atomic E-state index is 0.0177. The molecule has 3 amide bonds. The van der Waals surface area contributed by atoms with Crippen LogP contribution < -0.4 is 38.5 Å². The first-order valence-corrected chi connectivity index (χ1v) is 24.8. The molecule has 0 spiro atoms. The van der Waals surface area contributed by atoms with Crippen LogP contribution in [0.15, 0.2) is 96.0 Å². The summed E-state index contributed by atoms with van der Waals surface area (Å²) in [5, 5.41) is 0. The van der Waals surface area contributed by atoms with E-state index in [1.165, 1.54) is 0 Å². The van der Waals surface area contributed by atoms with Crippen molar-refractivity contribution in [1.29, 1.82) is 0 Å². The normalized spacial score (nSPS) is 16.5. The van der Waals surface area contributed by atoms with Crippen LogP contribution >= 0.6 is 0 Å². The van der Waals surface area contributed by atoms with Crippen molar-refractivity contribution in [2.75, 3.05) is 80.9 Å². The predicted molar refractivity (Wildman–Crippen MR) is 279 cm³/mol. The fourth-order valence-corrected chi connectivity index (χ4v) is 10.0. The van der Waals surface area contributed by atoms with E-state index < -0.39 is 11.7 Å². The van der Waals surface area contributed by atoms with E-state index in [-0.39, 0.29) is 37.1 Å². The number of aliphatic imine (C=N–C) groups is 1. The van der Waals surface area contributed by atoms with Gasteiger partial charge in [-0.25, -0.2) is 4.79 Å². The van der Waals surface area contributed by atoms with Gasteiger partial charge in [0.15, 0.2) is 23.0 Å². The zero-order valence-electron chi connectivity index (χ0n) is 42.4. The summed E-state index contributed by atoms with van der Waals surface area (Å²) < 4.78 is 41.7. The van der Waals surface area contributed by atoms with E-state index in [0.29, 0.717) is 84.8 Å². The van der Waals surface area contributed by atoms with Gasteiger partial charge in [0.1, 0.15) is 18.8 Å². The number of hydrogen-bond donors (Lipinski definition) is 0. The molecule has 5 aromatic carbocycles. The van der Waals surface area contributed by atoms with Gasteiger partial charge in [0.2, 0.25) is 0 Å². The average molecular weight is 980 g/mol. The molecular formula is C57H65N5O10. The molecule has 0 aliphatic carbocycles. The molecule has 15 heteroatoms. The molecule has 0 N–H and O–H groups in total. The fraction of sp³-hybridized carbons (Fsp3) is 0.404. The number of anilines is 4. The number of likely N-dealkylation sites (N-methyl/N-ethyl adjacent to an activating group) is 1. The Morgan fingerprint density at radius 1 is 0.681 bits per heavy atom. The second-order valence-corrected chi connectivity index (χ2v) is 19.7. The number of rotatable bonds is 19. The Bertz CT molecular complexity index is 2840. The number of unbranched alkanes of at least 4 members (excludes halogenated alkanes) is 3. The molecule has 0 saturated heterocycles. The van der Waals surface area contributed by atoms with E-state index in [1.807, 2.05) is 106 Å². The van der Waals surface area contributed by atoms with Crippen molar-refractivity contribution in [3.05, 3.63) is 124 Å². The molecule has 5 aromatic rings. The Balaban J connectivity index is 1.01. The Morgan fingerprint density at radius 3 is 1.99 bits per heavy atom. The number of benzene rings is 5. The minimum atomic E-state index is -0.748. The van der Waals surface area contributed by atoms with Gasteiger partial charge in [-0.05, 0) is 105 Å². The Labute approximate surface area is 422 Å². The molecule has 0 bridgehead atoms. The average Bonchev–Trinajstić information content (AvgIpc) is 3.87. The number of carbonyl (C=O) groups is 3. The van der Waals surface area contributed by atoms with Gasteiger partial charge in [-0.15, -0.1) is 0 Å². The van der Waals surface area contributed by atoms with Crippen molar-refractivity contribution in [3.63, 3.8) is 0 Å². The summed E-state index contributed by atoms with van der Waals surface area (Å²) in [5.41, 5.74) is 7.59. The first-order chi connectivity index (χ1) is 34.8. The van der Waals surface area contributed by atoms with Crippen molar-refractivity contribution in [2.24, 2.45) is 4.99 Å². The van der Waals surface area contributed by atoms with Crippen LogP contribution in [-0.4, -0.2) is 103 Å². The standard InChI is InChI=1S/C57H65N5O10/c1-57(2,3)72-56(65)60(20-14-8-9-15-21-69-23-22-66-5)41-25-37(35-70-52-31-46-44(29-50(52)67-6)54(63)61-42(33-58-46)27-39-16-10-12-18-47(39)61)24-38(26-41)36-71-53-32-49-45(30-51(53)68-7)55(64)62-43(34-59(49)4)28-40-17-11-13-19-48(40)62/h10-13,16-19,24-26,29-33,42-43H,8-9,14-15,20-23,27-28,34-36H2,1-7H3/t42-,43-/m0/s1. The lowest BCUT2D eigenvalue weighted by Gasteiger charge is -2.28. The summed E-state index contributed by atoms with van der Waals surface area (Å²) in [6.45, 7) is 8.51. The van der Waals surface area contributed by atoms with E-state index in [1.54, 1.807) is 49.3 Å². The monoisotopic (exact) mass is 979 g/mol. The summed E-state index contributed by atoms with van der Waals surface area (Å²) in [6.07, 6.45) is 6.23. The number of fused-ring (bicyclic) bond motifs is 8. The molecule has 72 heavy (non-hydrogen) atoms. The quantitative estimate of drug-likeness (QED) is 0.0730. The fourth-order valence-electron chi connectivity index (χ4n) is 10.0. The highest BCUT2D eigenvalue weighted by Crippen LogP contribution is 2.44. The number of hydrogen-bond acceptors (Lipinski definition) is 12. The number of methoxy groups -OCH3 is 3. The lowest BCUT2D eigenvalue weighted by atomic mass is 10.1. The summed E-state index contributed by atoms with van der Waals surface area (Å²) in [6, 6.07) is 28.7. The van der Waals surface area contributed by atoms with Crippen LogP contribution in [-0.2, 0) is 40.3 Å². The van der Waals surface area contributed by atoms with E-state index >= 15 is 0 Å². The van der Waals surface area contributed by atoms with Gasteiger partial charge in [-0.1, -0.05) is 49.2 Å². The Kier molecular flexibility index (Phi) is 15.0. The third kappa shape index (κ3) is 10.7. The molecule has 15 nitrogen and oxygen atoms in total. The maximum absolute atomic E-state index is 14.3. The van der Waals surface area contributed by atoms with Crippen LogP contribution in [0.2, 0.25) is 0 Å². The first-order valence-electron chi connectivity index (χ1n) is 24.8. The van der Waals surface area contributed by atoms with E-state index in [2.05, 4.69) is 11.0 Å². The molecule has 4 heterocycles. The summed E-state index contributed by atoms with van der Waals surface area (Å²) >= 11 is 0. The second kappa shape index (κ2) is 21.7. The van der Waals surface area contributed by atoms with Crippen LogP contribution in [0.1, 0.15) is 89.4 Å².